The molecule has 1 N–H and O–H groups in total. The zero-order chi connectivity index (χ0) is 16.1. The summed E-state index contributed by atoms with van der Waals surface area (Å²) in [4.78, 5) is 0. The van der Waals surface area contributed by atoms with E-state index >= 15 is 0 Å². The van der Waals surface area contributed by atoms with E-state index in [1.807, 2.05) is 30.3 Å². The molecule has 124 valence electrons. The van der Waals surface area contributed by atoms with Crippen LogP contribution in [0.1, 0.15) is 83.1 Å². The lowest BCUT2D eigenvalue weighted by atomic mass is 9.88. The summed E-state index contributed by atoms with van der Waals surface area (Å²) in [6.45, 7) is 6.09. The minimum atomic E-state index is -0.860. The summed E-state index contributed by atoms with van der Waals surface area (Å²) in [5.74, 6) is 0. The molecule has 0 fully saturated rings. The quantitative estimate of drug-likeness (QED) is 0.331. The summed E-state index contributed by atoms with van der Waals surface area (Å²) < 4.78 is 0. The van der Waals surface area contributed by atoms with Crippen molar-refractivity contribution in [2.24, 2.45) is 0 Å². The fraction of sp³-hybridized carbons (Fsp3) is 0.619. The van der Waals surface area contributed by atoms with Crippen molar-refractivity contribution in [3.05, 3.63) is 48.6 Å². The number of benzene rings is 1. The standard InChI is InChI=1S/C21H34O/c1-3-5-6-7-8-9-10-11-12-16-19-21(22,4-2)20-17-14-13-15-18-20/h4,13-15,17-18,22H,2-3,5-12,16,19H2,1H3. The molecule has 0 spiro atoms. The van der Waals surface area contributed by atoms with Gasteiger partial charge in [0.05, 0.1) is 0 Å². The molecule has 1 atom stereocenters. The van der Waals surface area contributed by atoms with E-state index in [1.54, 1.807) is 6.08 Å². The van der Waals surface area contributed by atoms with Crippen LogP contribution in [0.3, 0.4) is 0 Å². The first-order valence-corrected chi connectivity index (χ1v) is 9.14. The van der Waals surface area contributed by atoms with Gasteiger partial charge in [0.25, 0.3) is 0 Å². The predicted molar refractivity (Wildman–Crippen MR) is 97.0 cm³/mol. The minimum Gasteiger partial charge on any atom is -0.381 e. The summed E-state index contributed by atoms with van der Waals surface area (Å²) in [6.07, 6.45) is 15.6. The lowest BCUT2D eigenvalue weighted by Gasteiger charge is -2.25. The van der Waals surface area contributed by atoms with Gasteiger partial charge in [0.15, 0.2) is 0 Å². The van der Waals surface area contributed by atoms with Crippen molar-refractivity contribution in [2.45, 2.75) is 83.2 Å². The van der Waals surface area contributed by atoms with E-state index < -0.39 is 5.60 Å². The Morgan fingerprint density at radius 2 is 1.36 bits per heavy atom. The van der Waals surface area contributed by atoms with E-state index in [1.165, 1.54) is 57.8 Å². The summed E-state index contributed by atoms with van der Waals surface area (Å²) >= 11 is 0. The van der Waals surface area contributed by atoms with Gasteiger partial charge in [-0.05, 0) is 18.4 Å². The van der Waals surface area contributed by atoms with Gasteiger partial charge in [0.1, 0.15) is 5.60 Å². The van der Waals surface area contributed by atoms with Crippen LogP contribution in [0, 0.1) is 0 Å². The highest BCUT2D eigenvalue weighted by Gasteiger charge is 2.24. The molecule has 0 saturated heterocycles. The third-order valence-electron chi connectivity index (χ3n) is 4.52. The molecule has 1 heteroatoms. The molecule has 1 rings (SSSR count). The van der Waals surface area contributed by atoms with Gasteiger partial charge in [-0.2, -0.15) is 0 Å². The van der Waals surface area contributed by atoms with Crippen LogP contribution in [-0.4, -0.2) is 5.11 Å². The lowest BCUT2D eigenvalue weighted by Crippen LogP contribution is -2.22. The second kappa shape index (κ2) is 11.5. The molecular formula is C21H34O. The highest BCUT2D eigenvalue weighted by Crippen LogP contribution is 2.28. The number of aliphatic hydroxyl groups is 1. The molecule has 1 aromatic rings. The number of hydrogen-bond acceptors (Lipinski definition) is 1. The molecule has 1 aromatic carbocycles. The Hall–Kier alpha value is -1.08. The Bertz CT molecular complexity index is 384. The van der Waals surface area contributed by atoms with Crippen LogP contribution in [0.15, 0.2) is 43.0 Å². The van der Waals surface area contributed by atoms with Crippen molar-refractivity contribution in [2.75, 3.05) is 0 Å². The molecule has 0 saturated carbocycles. The first-order valence-electron chi connectivity index (χ1n) is 9.14. The van der Waals surface area contributed by atoms with Crippen molar-refractivity contribution in [3.63, 3.8) is 0 Å². The van der Waals surface area contributed by atoms with Crippen LogP contribution in [0.2, 0.25) is 0 Å². The van der Waals surface area contributed by atoms with Gasteiger partial charge < -0.3 is 5.11 Å². The van der Waals surface area contributed by atoms with Crippen molar-refractivity contribution < 1.29 is 5.11 Å². The summed E-state index contributed by atoms with van der Waals surface area (Å²) in [7, 11) is 0. The molecule has 1 unspecified atom stereocenters. The van der Waals surface area contributed by atoms with Crippen LogP contribution in [0.5, 0.6) is 0 Å². The Kier molecular flexibility index (Phi) is 9.90. The molecular weight excluding hydrogens is 268 g/mol. The summed E-state index contributed by atoms with van der Waals surface area (Å²) in [5, 5.41) is 10.7. The largest absolute Gasteiger partial charge is 0.381 e. The second-order valence-electron chi connectivity index (χ2n) is 6.43. The molecule has 22 heavy (non-hydrogen) atoms. The van der Waals surface area contributed by atoms with Gasteiger partial charge in [-0.15, -0.1) is 0 Å². The molecule has 0 aliphatic rings. The van der Waals surface area contributed by atoms with Gasteiger partial charge in [-0.3, -0.25) is 0 Å². The molecule has 0 bridgehead atoms. The SMILES string of the molecule is C=CC(O)(CCCCCCCCCCCC)c1ccccc1. The van der Waals surface area contributed by atoms with Crippen molar-refractivity contribution in [3.8, 4) is 0 Å². The lowest BCUT2D eigenvalue weighted by molar-refractivity contribution is 0.0767. The topological polar surface area (TPSA) is 20.2 Å². The third-order valence-corrected chi connectivity index (χ3v) is 4.52. The van der Waals surface area contributed by atoms with E-state index in [0.29, 0.717) is 0 Å². The monoisotopic (exact) mass is 302 g/mol. The highest BCUT2D eigenvalue weighted by atomic mass is 16.3. The number of rotatable bonds is 13. The first kappa shape index (κ1) is 19.0. The average Bonchev–Trinajstić information content (AvgIpc) is 2.57. The molecule has 0 amide bonds. The van der Waals surface area contributed by atoms with Gasteiger partial charge in [0.2, 0.25) is 0 Å². The Balaban J connectivity index is 2.11. The zero-order valence-electron chi connectivity index (χ0n) is 14.4. The van der Waals surface area contributed by atoms with Gasteiger partial charge in [-0.1, -0.05) is 108 Å². The van der Waals surface area contributed by atoms with Gasteiger partial charge in [0, 0.05) is 0 Å². The average molecular weight is 303 g/mol. The normalized spacial score (nSPS) is 13.7. The fourth-order valence-electron chi connectivity index (χ4n) is 2.97. The first-order chi connectivity index (χ1) is 10.7. The van der Waals surface area contributed by atoms with Crippen LogP contribution < -0.4 is 0 Å². The van der Waals surface area contributed by atoms with Crippen molar-refractivity contribution in [1.82, 2.24) is 0 Å². The summed E-state index contributed by atoms with van der Waals surface area (Å²) in [5.41, 5.74) is 0.0995. The predicted octanol–water partition coefficient (Wildman–Crippen LogP) is 6.37. The molecule has 0 aliphatic carbocycles. The van der Waals surface area contributed by atoms with E-state index in [4.69, 9.17) is 0 Å². The molecule has 0 aliphatic heterocycles. The van der Waals surface area contributed by atoms with E-state index in [9.17, 15) is 5.11 Å². The maximum absolute atomic E-state index is 10.7. The molecule has 0 aromatic heterocycles. The van der Waals surface area contributed by atoms with Crippen molar-refractivity contribution >= 4 is 0 Å². The molecule has 0 heterocycles. The highest BCUT2D eigenvalue weighted by molar-refractivity contribution is 5.26. The third kappa shape index (κ3) is 7.26. The van der Waals surface area contributed by atoms with Crippen LogP contribution in [-0.2, 0) is 5.60 Å². The Labute approximate surface area is 137 Å². The second-order valence-corrected chi connectivity index (χ2v) is 6.43. The minimum absolute atomic E-state index is 0.775. The van der Waals surface area contributed by atoms with Gasteiger partial charge in [-0.25, -0.2) is 0 Å². The smallest absolute Gasteiger partial charge is 0.107 e. The Morgan fingerprint density at radius 3 is 1.86 bits per heavy atom. The maximum Gasteiger partial charge on any atom is 0.107 e. The fourth-order valence-corrected chi connectivity index (χ4v) is 2.97. The van der Waals surface area contributed by atoms with E-state index in [0.717, 1.165) is 18.4 Å². The van der Waals surface area contributed by atoms with Crippen LogP contribution >= 0.6 is 0 Å². The van der Waals surface area contributed by atoms with Crippen LogP contribution in [0.25, 0.3) is 0 Å². The number of unbranched alkanes of at least 4 members (excludes halogenated alkanes) is 9. The zero-order valence-corrected chi connectivity index (χ0v) is 14.4. The van der Waals surface area contributed by atoms with Gasteiger partial charge >= 0.3 is 0 Å². The van der Waals surface area contributed by atoms with Crippen molar-refractivity contribution in [1.29, 1.82) is 0 Å². The maximum atomic E-state index is 10.7. The van der Waals surface area contributed by atoms with E-state index in [-0.39, 0.29) is 0 Å². The van der Waals surface area contributed by atoms with E-state index in [2.05, 4.69) is 13.5 Å². The Morgan fingerprint density at radius 1 is 0.864 bits per heavy atom. The number of hydrogen-bond donors (Lipinski definition) is 1. The summed E-state index contributed by atoms with van der Waals surface area (Å²) in [6, 6.07) is 9.90. The molecule has 1 nitrogen and oxygen atoms in total. The van der Waals surface area contributed by atoms with Crippen LogP contribution in [0.4, 0.5) is 0 Å². The molecule has 0 radical (unpaired) electrons.